The first-order valence-electron chi connectivity index (χ1n) is 8.45. The SMILES string of the molecule is CCCC(C)C(=O)Nc1ccc2c(c1)OC1(CCCCC1)O2. The number of hydrogen-bond acceptors (Lipinski definition) is 3. The number of carbonyl (C=O) groups is 1. The fraction of sp³-hybridized carbons (Fsp3) is 0.611. The number of hydrogen-bond donors (Lipinski definition) is 1. The van der Waals surface area contributed by atoms with Gasteiger partial charge in [0.25, 0.3) is 5.79 Å². The van der Waals surface area contributed by atoms with Gasteiger partial charge < -0.3 is 14.8 Å². The van der Waals surface area contributed by atoms with Gasteiger partial charge in [-0.25, -0.2) is 0 Å². The average molecular weight is 303 g/mol. The third-order valence-electron chi connectivity index (χ3n) is 4.59. The molecule has 1 aliphatic carbocycles. The fourth-order valence-corrected chi connectivity index (χ4v) is 3.30. The Hall–Kier alpha value is -1.71. The van der Waals surface area contributed by atoms with Gasteiger partial charge in [-0.05, 0) is 31.4 Å². The van der Waals surface area contributed by atoms with Crippen molar-refractivity contribution in [1.29, 1.82) is 0 Å². The van der Waals surface area contributed by atoms with E-state index in [-0.39, 0.29) is 11.8 Å². The molecule has 1 aromatic rings. The second-order valence-corrected chi connectivity index (χ2v) is 6.52. The molecule has 1 fully saturated rings. The third-order valence-corrected chi connectivity index (χ3v) is 4.59. The molecule has 1 heterocycles. The minimum absolute atomic E-state index is 0.0279. The van der Waals surface area contributed by atoms with Gasteiger partial charge in [0, 0.05) is 30.5 Å². The van der Waals surface area contributed by atoms with Crippen molar-refractivity contribution < 1.29 is 14.3 Å². The smallest absolute Gasteiger partial charge is 0.251 e. The maximum Gasteiger partial charge on any atom is 0.251 e. The van der Waals surface area contributed by atoms with Gasteiger partial charge in [0.05, 0.1) is 0 Å². The number of nitrogens with one attached hydrogen (secondary N) is 1. The first-order valence-corrected chi connectivity index (χ1v) is 8.45. The lowest BCUT2D eigenvalue weighted by Gasteiger charge is -2.31. The quantitative estimate of drug-likeness (QED) is 0.891. The Bertz CT molecular complexity index is 549. The van der Waals surface area contributed by atoms with Crippen molar-refractivity contribution in [2.75, 3.05) is 5.32 Å². The summed E-state index contributed by atoms with van der Waals surface area (Å²) >= 11 is 0. The Morgan fingerprint density at radius 3 is 2.68 bits per heavy atom. The monoisotopic (exact) mass is 303 g/mol. The molecule has 1 unspecified atom stereocenters. The van der Waals surface area contributed by atoms with E-state index in [1.807, 2.05) is 25.1 Å². The number of rotatable bonds is 4. The van der Waals surface area contributed by atoms with Gasteiger partial charge in [-0.1, -0.05) is 26.7 Å². The second-order valence-electron chi connectivity index (χ2n) is 6.52. The van der Waals surface area contributed by atoms with Crippen molar-refractivity contribution in [2.24, 2.45) is 5.92 Å². The Balaban J connectivity index is 1.68. The van der Waals surface area contributed by atoms with Crippen LogP contribution in [0.2, 0.25) is 0 Å². The molecule has 0 saturated heterocycles. The van der Waals surface area contributed by atoms with Gasteiger partial charge in [0.1, 0.15) is 0 Å². The zero-order chi connectivity index (χ0) is 15.6. The summed E-state index contributed by atoms with van der Waals surface area (Å²) in [5, 5.41) is 2.97. The van der Waals surface area contributed by atoms with Crippen LogP contribution in [0.15, 0.2) is 18.2 Å². The third kappa shape index (κ3) is 3.06. The molecule has 120 valence electrons. The van der Waals surface area contributed by atoms with Crippen LogP contribution in [0.5, 0.6) is 11.5 Å². The molecular formula is C18H25NO3. The molecule has 1 spiro atoms. The lowest BCUT2D eigenvalue weighted by atomic mass is 9.94. The van der Waals surface area contributed by atoms with Crippen LogP contribution in [0.3, 0.4) is 0 Å². The lowest BCUT2D eigenvalue weighted by Crippen LogP contribution is -2.40. The molecule has 2 aliphatic rings. The molecule has 1 amide bonds. The number of fused-ring (bicyclic) bond motifs is 1. The minimum atomic E-state index is -0.460. The number of carbonyl (C=O) groups excluding carboxylic acids is 1. The van der Waals surface area contributed by atoms with Crippen LogP contribution in [-0.4, -0.2) is 11.7 Å². The molecule has 0 aromatic heterocycles. The maximum atomic E-state index is 12.1. The highest BCUT2D eigenvalue weighted by atomic mass is 16.7. The summed E-state index contributed by atoms with van der Waals surface area (Å²) in [6, 6.07) is 5.68. The molecule has 1 aliphatic heterocycles. The van der Waals surface area contributed by atoms with E-state index in [4.69, 9.17) is 9.47 Å². The largest absolute Gasteiger partial charge is 0.448 e. The molecule has 1 saturated carbocycles. The van der Waals surface area contributed by atoms with Crippen molar-refractivity contribution in [1.82, 2.24) is 0 Å². The van der Waals surface area contributed by atoms with Crippen molar-refractivity contribution in [3.8, 4) is 11.5 Å². The first kappa shape index (κ1) is 15.2. The topological polar surface area (TPSA) is 47.6 Å². The van der Waals surface area contributed by atoms with E-state index in [9.17, 15) is 4.79 Å². The normalized spacial score (nSPS) is 19.9. The minimum Gasteiger partial charge on any atom is -0.448 e. The standard InChI is InChI=1S/C18H25NO3/c1-3-7-13(2)17(20)19-14-8-9-15-16(12-14)22-18(21-15)10-5-4-6-11-18/h8-9,12-13H,3-7,10-11H2,1-2H3,(H,19,20). The summed E-state index contributed by atoms with van der Waals surface area (Å²) in [7, 11) is 0. The van der Waals surface area contributed by atoms with Gasteiger partial charge in [-0.15, -0.1) is 0 Å². The van der Waals surface area contributed by atoms with E-state index < -0.39 is 5.79 Å². The van der Waals surface area contributed by atoms with Gasteiger partial charge in [0.15, 0.2) is 11.5 Å². The van der Waals surface area contributed by atoms with E-state index in [1.165, 1.54) is 6.42 Å². The van der Waals surface area contributed by atoms with Crippen molar-refractivity contribution in [2.45, 2.75) is 64.6 Å². The summed E-state index contributed by atoms with van der Waals surface area (Å²) in [6.45, 7) is 4.05. The van der Waals surface area contributed by atoms with Crippen LogP contribution in [0, 0.1) is 5.92 Å². The summed E-state index contributed by atoms with van der Waals surface area (Å²) in [5.74, 6) is 1.18. The predicted octanol–water partition coefficient (Wildman–Crippen LogP) is 4.49. The maximum absolute atomic E-state index is 12.1. The summed E-state index contributed by atoms with van der Waals surface area (Å²) in [6.07, 6.45) is 7.34. The predicted molar refractivity (Wildman–Crippen MR) is 86.2 cm³/mol. The van der Waals surface area contributed by atoms with E-state index in [2.05, 4.69) is 12.2 Å². The molecule has 1 atom stereocenters. The van der Waals surface area contributed by atoms with Crippen LogP contribution in [0.4, 0.5) is 5.69 Å². The lowest BCUT2D eigenvalue weighted by molar-refractivity contribution is -0.119. The Morgan fingerprint density at radius 2 is 1.95 bits per heavy atom. The molecule has 4 heteroatoms. The van der Waals surface area contributed by atoms with E-state index in [0.717, 1.165) is 55.7 Å². The Labute approximate surface area is 132 Å². The fourth-order valence-electron chi connectivity index (χ4n) is 3.30. The van der Waals surface area contributed by atoms with Crippen molar-refractivity contribution in [3.05, 3.63) is 18.2 Å². The molecule has 4 nitrogen and oxygen atoms in total. The van der Waals surface area contributed by atoms with E-state index >= 15 is 0 Å². The average Bonchev–Trinajstić information content (AvgIpc) is 2.84. The van der Waals surface area contributed by atoms with Crippen LogP contribution in [0.25, 0.3) is 0 Å². The molecular weight excluding hydrogens is 278 g/mol. The zero-order valence-corrected chi connectivity index (χ0v) is 13.5. The molecule has 3 rings (SSSR count). The zero-order valence-electron chi connectivity index (χ0n) is 13.5. The highest BCUT2D eigenvalue weighted by Gasteiger charge is 2.42. The molecule has 1 aromatic carbocycles. The van der Waals surface area contributed by atoms with Gasteiger partial charge in [0.2, 0.25) is 5.91 Å². The van der Waals surface area contributed by atoms with Gasteiger partial charge >= 0.3 is 0 Å². The van der Waals surface area contributed by atoms with Crippen molar-refractivity contribution >= 4 is 11.6 Å². The van der Waals surface area contributed by atoms with E-state index in [1.54, 1.807) is 0 Å². The number of ether oxygens (including phenoxy) is 2. The second kappa shape index (κ2) is 6.19. The van der Waals surface area contributed by atoms with Gasteiger partial charge in [-0.3, -0.25) is 4.79 Å². The van der Waals surface area contributed by atoms with Crippen LogP contribution in [0.1, 0.15) is 58.8 Å². The molecule has 22 heavy (non-hydrogen) atoms. The van der Waals surface area contributed by atoms with E-state index in [0.29, 0.717) is 0 Å². The first-order chi connectivity index (χ1) is 10.6. The summed E-state index contributed by atoms with van der Waals surface area (Å²) in [4.78, 5) is 12.1. The van der Waals surface area contributed by atoms with Crippen LogP contribution < -0.4 is 14.8 Å². The highest BCUT2D eigenvalue weighted by Crippen LogP contribution is 2.46. The van der Waals surface area contributed by atoms with Crippen molar-refractivity contribution in [3.63, 3.8) is 0 Å². The Morgan fingerprint density at radius 1 is 1.23 bits per heavy atom. The van der Waals surface area contributed by atoms with Crippen LogP contribution >= 0.6 is 0 Å². The summed E-state index contributed by atoms with van der Waals surface area (Å²) < 4.78 is 12.1. The molecule has 0 bridgehead atoms. The highest BCUT2D eigenvalue weighted by molar-refractivity contribution is 5.92. The number of amides is 1. The van der Waals surface area contributed by atoms with Crippen LogP contribution in [-0.2, 0) is 4.79 Å². The van der Waals surface area contributed by atoms with Gasteiger partial charge in [-0.2, -0.15) is 0 Å². The number of benzene rings is 1. The molecule has 0 radical (unpaired) electrons. The number of anilines is 1. The molecule has 1 N–H and O–H groups in total. The Kier molecular flexibility index (Phi) is 4.27. The summed E-state index contributed by atoms with van der Waals surface area (Å²) in [5.41, 5.74) is 0.781.